The molecule has 2 N–H and O–H groups in total. The van der Waals surface area contributed by atoms with E-state index in [9.17, 15) is 0 Å². The van der Waals surface area contributed by atoms with Crippen molar-refractivity contribution in [3.05, 3.63) is 11.6 Å². The largest absolute Gasteiger partial charge is 0.329 e. The Kier molecular flexibility index (Phi) is 3.11. The molecule has 1 atom stereocenters. The van der Waals surface area contributed by atoms with Crippen LogP contribution in [0.15, 0.2) is 0 Å². The van der Waals surface area contributed by atoms with E-state index >= 15 is 0 Å². The Balaban J connectivity index is 1.74. The molecule has 1 aromatic heterocycles. The summed E-state index contributed by atoms with van der Waals surface area (Å²) in [5.41, 5.74) is 5.64. The average molecular weight is 235 g/mol. The van der Waals surface area contributed by atoms with Crippen molar-refractivity contribution in [1.29, 1.82) is 0 Å². The van der Waals surface area contributed by atoms with Crippen LogP contribution in [0.3, 0.4) is 0 Å². The third kappa shape index (κ3) is 2.09. The molecule has 2 aliphatic heterocycles. The SMILES string of the molecule is NCCN1CCCC(c2nnc3n2CCC3)C1. The van der Waals surface area contributed by atoms with E-state index < -0.39 is 0 Å². The van der Waals surface area contributed by atoms with Crippen molar-refractivity contribution < 1.29 is 0 Å². The first-order chi connectivity index (χ1) is 8.38. The van der Waals surface area contributed by atoms with Gasteiger partial charge in [-0.2, -0.15) is 0 Å². The van der Waals surface area contributed by atoms with E-state index in [1.165, 1.54) is 37.5 Å². The fourth-order valence-electron chi connectivity index (χ4n) is 3.13. The topological polar surface area (TPSA) is 60.0 Å². The van der Waals surface area contributed by atoms with Crippen molar-refractivity contribution in [2.24, 2.45) is 5.73 Å². The lowest BCUT2D eigenvalue weighted by Crippen LogP contribution is -2.38. The number of piperidine rings is 1. The lowest BCUT2D eigenvalue weighted by Gasteiger charge is -2.31. The van der Waals surface area contributed by atoms with Gasteiger partial charge < -0.3 is 15.2 Å². The maximum Gasteiger partial charge on any atom is 0.137 e. The van der Waals surface area contributed by atoms with Crippen molar-refractivity contribution in [1.82, 2.24) is 19.7 Å². The fourth-order valence-corrected chi connectivity index (χ4v) is 3.13. The smallest absolute Gasteiger partial charge is 0.137 e. The van der Waals surface area contributed by atoms with E-state index in [1.807, 2.05) is 0 Å². The number of hydrogen-bond acceptors (Lipinski definition) is 4. The van der Waals surface area contributed by atoms with Crippen molar-refractivity contribution in [3.63, 3.8) is 0 Å². The van der Waals surface area contributed by atoms with Gasteiger partial charge in [0.2, 0.25) is 0 Å². The summed E-state index contributed by atoms with van der Waals surface area (Å²) >= 11 is 0. The highest BCUT2D eigenvalue weighted by atomic mass is 15.3. The molecule has 0 saturated carbocycles. The van der Waals surface area contributed by atoms with Gasteiger partial charge in [0.15, 0.2) is 0 Å². The molecule has 0 amide bonds. The minimum absolute atomic E-state index is 0.564. The predicted octanol–water partition coefficient (Wildman–Crippen LogP) is 0.362. The van der Waals surface area contributed by atoms with Gasteiger partial charge in [0.25, 0.3) is 0 Å². The number of nitrogens with zero attached hydrogens (tertiary/aromatic N) is 4. The van der Waals surface area contributed by atoms with Crippen molar-refractivity contribution in [3.8, 4) is 0 Å². The summed E-state index contributed by atoms with van der Waals surface area (Å²) in [5.74, 6) is 2.98. The van der Waals surface area contributed by atoms with E-state index in [0.717, 1.165) is 32.6 Å². The molecule has 1 aromatic rings. The van der Waals surface area contributed by atoms with Crippen LogP contribution in [0.5, 0.6) is 0 Å². The summed E-state index contributed by atoms with van der Waals surface area (Å²) in [5, 5.41) is 8.72. The Morgan fingerprint density at radius 3 is 3.06 bits per heavy atom. The summed E-state index contributed by atoms with van der Waals surface area (Å²) < 4.78 is 2.34. The van der Waals surface area contributed by atoms with Crippen LogP contribution in [-0.4, -0.2) is 45.8 Å². The summed E-state index contributed by atoms with van der Waals surface area (Å²) in [6.07, 6.45) is 4.84. The summed E-state index contributed by atoms with van der Waals surface area (Å²) in [7, 11) is 0. The Morgan fingerprint density at radius 2 is 2.18 bits per heavy atom. The Morgan fingerprint density at radius 1 is 1.24 bits per heavy atom. The molecule has 1 unspecified atom stereocenters. The first-order valence-electron chi connectivity index (χ1n) is 6.73. The maximum atomic E-state index is 5.64. The minimum atomic E-state index is 0.564. The third-order valence-corrected chi connectivity index (χ3v) is 3.95. The van der Waals surface area contributed by atoms with E-state index in [-0.39, 0.29) is 0 Å². The molecule has 0 spiro atoms. The van der Waals surface area contributed by atoms with Gasteiger partial charge in [-0.1, -0.05) is 0 Å². The zero-order chi connectivity index (χ0) is 11.7. The first kappa shape index (κ1) is 11.2. The van der Waals surface area contributed by atoms with E-state index in [1.54, 1.807) is 0 Å². The second kappa shape index (κ2) is 4.74. The molecule has 5 heteroatoms. The van der Waals surface area contributed by atoms with Gasteiger partial charge in [-0.3, -0.25) is 0 Å². The molecule has 94 valence electrons. The van der Waals surface area contributed by atoms with Crippen LogP contribution in [-0.2, 0) is 13.0 Å². The van der Waals surface area contributed by atoms with Crippen LogP contribution in [0.1, 0.15) is 36.8 Å². The number of hydrogen-bond donors (Lipinski definition) is 1. The first-order valence-corrected chi connectivity index (χ1v) is 6.73. The van der Waals surface area contributed by atoms with Crippen LogP contribution < -0.4 is 5.73 Å². The molecule has 0 radical (unpaired) electrons. The number of fused-ring (bicyclic) bond motifs is 1. The molecule has 0 bridgehead atoms. The molecule has 2 aliphatic rings. The van der Waals surface area contributed by atoms with Crippen LogP contribution in [0, 0.1) is 0 Å². The Labute approximate surface area is 102 Å². The van der Waals surface area contributed by atoms with Gasteiger partial charge in [0.1, 0.15) is 11.6 Å². The van der Waals surface area contributed by atoms with Gasteiger partial charge in [0.05, 0.1) is 0 Å². The Bertz CT molecular complexity index is 384. The van der Waals surface area contributed by atoms with Crippen LogP contribution in [0.25, 0.3) is 0 Å². The zero-order valence-corrected chi connectivity index (χ0v) is 10.3. The van der Waals surface area contributed by atoms with E-state index in [2.05, 4.69) is 19.7 Å². The highest BCUT2D eigenvalue weighted by molar-refractivity contribution is 5.07. The summed E-state index contributed by atoms with van der Waals surface area (Å²) in [4.78, 5) is 2.46. The molecular weight excluding hydrogens is 214 g/mol. The molecular formula is C12H21N5. The van der Waals surface area contributed by atoms with Crippen molar-refractivity contribution in [2.45, 2.75) is 38.1 Å². The number of aromatic nitrogens is 3. The number of nitrogens with two attached hydrogens (primary N) is 1. The van der Waals surface area contributed by atoms with Crippen LogP contribution in [0.2, 0.25) is 0 Å². The Hall–Kier alpha value is -0.940. The predicted molar refractivity (Wildman–Crippen MR) is 65.8 cm³/mol. The highest BCUT2D eigenvalue weighted by Crippen LogP contribution is 2.28. The van der Waals surface area contributed by atoms with E-state index in [0.29, 0.717) is 5.92 Å². The third-order valence-electron chi connectivity index (χ3n) is 3.95. The number of aryl methyl sites for hydroxylation is 1. The minimum Gasteiger partial charge on any atom is -0.329 e. The maximum absolute atomic E-state index is 5.64. The molecule has 0 aliphatic carbocycles. The number of rotatable bonds is 3. The van der Waals surface area contributed by atoms with E-state index in [4.69, 9.17) is 5.73 Å². The van der Waals surface area contributed by atoms with Gasteiger partial charge in [0, 0.05) is 38.5 Å². The zero-order valence-electron chi connectivity index (χ0n) is 10.3. The normalized spacial score (nSPS) is 25.1. The summed E-state index contributed by atoms with van der Waals surface area (Å²) in [6, 6.07) is 0. The van der Waals surface area contributed by atoms with Gasteiger partial charge in [-0.05, 0) is 25.8 Å². The van der Waals surface area contributed by atoms with Gasteiger partial charge in [-0.25, -0.2) is 0 Å². The molecule has 3 heterocycles. The lowest BCUT2D eigenvalue weighted by atomic mass is 9.97. The van der Waals surface area contributed by atoms with Crippen LogP contribution in [0.4, 0.5) is 0 Å². The highest BCUT2D eigenvalue weighted by Gasteiger charge is 2.27. The molecule has 3 rings (SSSR count). The second-order valence-electron chi connectivity index (χ2n) is 5.16. The molecule has 1 saturated heterocycles. The fraction of sp³-hybridized carbons (Fsp3) is 0.833. The number of likely N-dealkylation sites (tertiary alicyclic amines) is 1. The van der Waals surface area contributed by atoms with Crippen LogP contribution >= 0.6 is 0 Å². The molecule has 1 fully saturated rings. The summed E-state index contributed by atoms with van der Waals surface area (Å²) in [6.45, 7) is 5.18. The second-order valence-corrected chi connectivity index (χ2v) is 5.16. The lowest BCUT2D eigenvalue weighted by molar-refractivity contribution is 0.207. The van der Waals surface area contributed by atoms with Crippen molar-refractivity contribution >= 4 is 0 Å². The molecule has 17 heavy (non-hydrogen) atoms. The van der Waals surface area contributed by atoms with Crippen molar-refractivity contribution in [2.75, 3.05) is 26.2 Å². The monoisotopic (exact) mass is 235 g/mol. The molecule has 5 nitrogen and oxygen atoms in total. The van der Waals surface area contributed by atoms with Gasteiger partial charge >= 0.3 is 0 Å². The average Bonchev–Trinajstić information content (AvgIpc) is 2.91. The quantitative estimate of drug-likeness (QED) is 0.822. The molecule has 0 aromatic carbocycles. The standard InChI is InChI=1S/C12H21N5/c13-5-8-16-6-1-3-10(9-16)12-15-14-11-4-2-7-17(11)12/h10H,1-9,13H2. The van der Waals surface area contributed by atoms with Gasteiger partial charge in [-0.15, -0.1) is 10.2 Å².